The van der Waals surface area contributed by atoms with E-state index in [0.29, 0.717) is 0 Å². The second kappa shape index (κ2) is 2.69. The molecule has 1 heterocycles. The molecule has 0 radical (unpaired) electrons. The van der Waals surface area contributed by atoms with Crippen LogP contribution in [0.25, 0.3) is 9.65 Å². The van der Waals surface area contributed by atoms with Gasteiger partial charge >= 0.3 is 73.5 Å². The van der Waals surface area contributed by atoms with Crippen LogP contribution in [0, 0.1) is 10.1 Å². The fourth-order valence-electron chi connectivity index (χ4n) is 0.962. The van der Waals surface area contributed by atoms with E-state index in [9.17, 15) is 10.1 Å². The van der Waals surface area contributed by atoms with Crippen LogP contribution in [0.2, 0.25) is 0 Å². The van der Waals surface area contributed by atoms with E-state index in [1.807, 2.05) is 0 Å². The molecule has 2 aromatic rings. The number of benzene rings is 1. The first-order valence-electron chi connectivity index (χ1n) is 3.26. The van der Waals surface area contributed by atoms with Gasteiger partial charge in [0.15, 0.2) is 0 Å². The molecule has 60 valence electrons. The summed E-state index contributed by atoms with van der Waals surface area (Å²) < 4.78 is 5.06. The fourth-order valence-corrected chi connectivity index (χ4v) is 2.39. The van der Waals surface area contributed by atoms with Crippen LogP contribution >= 0.6 is 0 Å². The van der Waals surface area contributed by atoms with E-state index < -0.39 is 0 Å². The van der Waals surface area contributed by atoms with Gasteiger partial charge in [0.2, 0.25) is 0 Å². The summed E-state index contributed by atoms with van der Waals surface area (Å²) >= 11 is 0.0430. The number of nitro groups is 1. The molecule has 4 nitrogen and oxygen atoms in total. The Bertz CT molecular complexity index is 438. The molecule has 0 fully saturated rings. The first kappa shape index (κ1) is 7.46. The maximum atomic E-state index is 10.4. The topological polar surface area (TPSA) is 56.0 Å². The van der Waals surface area contributed by atoms with Gasteiger partial charge in [0.25, 0.3) is 0 Å². The molecule has 0 saturated heterocycles. The number of nitrogens with zero attached hydrogens (tertiary/aromatic N) is 2. The second-order valence-electron chi connectivity index (χ2n) is 2.31. The van der Waals surface area contributed by atoms with Gasteiger partial charge in [-0.2, -0.15) is 0 Å². The van der Waals surface area contributed by atoms with Crippen LogP contribution < -0.4 is 0 Å². The summed E-state index contributed by atoms with van der Waals surface area (Å²) in [6.07, 6.45) is 1.76. The average Bonchev–Trinajstić information content (AvgIpc) is 2.49. The van der Waals surface area contributed by atoms with Crippen molar-refractivity contribution in [2.45, 2.75) is 0 Å². The van der Waals surface area contributed by atoms with E-state index in [2.05, 4.69) is 3.98 Å². The van der Waals surface area contributed by atoms with Crippen LogP contribution in [0.15, 0.2) is 24.4 Å². The van der Waals surface area contributed by atoms with Crippen molar-refractivity contribution < 1.29 is 4.92 Å². The Balaban J connectivity index is 2.68. The fraction of sp³-hybridized carbons (Fsp3) is 0. The summed E-state index contributed by atoms with van der Waals surface area (Å²) in [5.41, 5.74) is 0.154. The van der Waals surface area contributed by atoms with Crippen molar-refractivity contribution in [3.05, 3.63) is 34.5 Å². The monoisotopic (exact) mass is 228 g/mol. The second-order valence-corrected chi connectivity index (χ2v) is 4.05. The SMILES string of the molecule is O=[N+]([O-])c1ccc2cn[se]c2c1. The van der Waals surface area contributed by atoms with E-state index in [1.165, 1.54) is 6.07 Å². The van der Waals surface area contributed by atoms with E-state index >= 15 is 0 Å². The van der Waals surface area contributed by atoms with E-state index in [1.54, 1.807) is 18.3 Å². The molecule has 5 heteroatoms. The van der Waals surface area contributed by atoms with Crippen LogP contribution in [0.5, 0.6) is 0 Å². The Morgan fingerprint density at radius 3 is 3.08 bits per heavy atom. The zero-order chi connectivity index (χ0) is 8.55. The first-order chi connectivity index (χ1) is 5.77. The molecule has 0 spiro atoms. The van der Waals surface area contributed by atoms with Gasteiger partial charge in [0, 0.05) is 0 Å². The zero-order valence-electron chi connectivity index (χ0n) is 5.93. The van der Waals surface area contributed by atoms with E-state index in [0.717, 1.165) is 9.65 Å². The summed E-state index contributed by atoms with van der Waals surface area (Å²) in [5.74, 6) is 0. The minimum absolute atomic E-state index is 0.0430. The van der Waals surface area contributed by atoms with Crippen LogP contribution in [-0.4, -0.2) is 23.6 Å². The Morgan fingerprint density at radius 2 is 2.33 bits per heavy atom. The van der Waals surface area contributed by atoms with E-state index in [-0.39, 0.29) is 25.3 Å². The standard InChI is InChI=1S/C7H4N2O2Se/c10-9(11)6-2-1-5-4-8-12-7(5)3-6/h1-4H. The van der Waals surface area contributed by atoms with Crippen LogP contribution in [0.4, 0.5) is 5.69 Å². The Morgan fingerprint density at radius 1 is 1.50 bits per heavy atom. The summed E-state index contributed by atoms with van der Waals surface area (Å²) in [6, 6.07) is 4.85. The quantitative estimate of drug-likeness (QED) is 0.418. The van der Waals surface area contributed by atoms with Crippen molar-refractivity contribution in [3.8, 4) is 0 Å². The predicted molar refractivity (Wildman–Crippen MR) is 45.3 cm³/mol. The van der Waals surface area contributed by atoms with Gasteiger partial charge in [-0.3, -0.25) is 0 Å². The van der Waals surface area contributed by atoms with Crippen LogP contribution in [0.1, 0.15) is 0 Å². The number of fused-ring (bicyclic) bond motifs is 1. The number of rotatable bonds is 1. The molecule has 0 saturated carbocycles. The van der Waals surface area contributed by atoms with Crippen molar-refractivity contribution in [3.63, 3.8) is 0 Å². The third-order valence-electron chi connectivity index (χ3n) is 1.55. The number of nitro benzene ring substituents is 1. The summed E-state index contributed by atoms with van der Waals surface area (Å²) in [7, 11) is 0. The van der Waals surface area contributed by atoms with Gasteiger partial charge in [-0.1, -0.05) is 0 Å². The van der Waals surface area contributed by atoms with Crippen LogP contribution in [0.3, 0.4) is 0 Å². The number of non-ortho nitro benzene ring substituents is 1. The molecule has 2 rings (SSSR count). The molecule has 0 amide bonds. The van der Waals surface area contributed by atoms with Crippen LogP contribution in [-0.2, 0) is 0 Å². The summed E-state index contributed by atoms with van der Waals surface area (Å²) in [5, 5.41) is 11.4. The van der Waals surface area contributed by atoms with Gasteiger partial charge < -0.3 is 0 Å². The molecule has 0 aliphatic heterocycles. The molecule has 12 heavy (non-hydrogen) atoms. The van der Waals surface area contributed by atoms with Gasteiger partial charge in [0.1, 0.15) is 0 Å². The minimum atomic E-state index is -0.380. The summed E-state index contributed by atoms with van der Waals surface area (Å²) in [4.78, 5) is 9.99. The number of hydrogen-bond acceptors (Lipinski definition) is 3. The zero-order valence-corrected chi connectivity index (χ0v) is 7.64. The average molecular weight is 227 g/mol. The molecule has 0 aliphatic carbocycles. The molecular weight excluding hydrogens is 223 g/mol. The third kappa shape index (κ3) is 1.13. The molecule has 1 aromatic heterocycles. The number of aromatic nitrogens is 1. The number of hydrogen-bond donors (Lipinski definition) is 0. The van der Waals surface area contributed by atoms with E-state index in [4.69, 9.17) is 0 Å². The molecule has 0 aliphatic rings. The maximum absolute atomic E-state index is 10.4. The third-order valence-corrected chi connectivity index (χ3v) is 3.15. The van der Waals surface area contributed by atoms with Gasteiger partial charge in [-0.05, 0) is 0 Å². The Hall–Kier alpha value is -1.19. The Labute approximate surface area is 74.0 Å². The van der Waals surface area contributed by atoms with Gasteiger partial charge in [-0.25, -0.2) is 0 Å². The molecule has 0 N–H and O–H groups in total. The van der Waals surface area contributed by atoms with Crippen molar-refractivity contribution in [1.29, 1.82) is 0 Å². The van der Waals surface area contributed by atoms with Crippen molar-refractivity contribution >= 4 is 30.1 Å². The summed E-state index contributed by atoms with van der Waals surface area (Å²) in [6.45, 7) is 0. The van der Waals surface area contributed by atoms with Crippen molar-refractivity contribution in [2.75, 3.05) is 0 Å². The van der Waals surface area contributed by atoms with Gasteiger partial charge in [0.05, 0.1) is 0 Å². The molecule has 0 atom stereocenters. The van der Waals surface area contributed by atoms with Crippen molar-refractivity contribution in [2.24, 2.45) is 0 Å². The molecule has 0 bridgehead atoms. The van der Waals surface area contributed by atoms with Gasteiger partial charge in [-0.15, -0.1) is 0 Å². The van der Waals surface area contributed by atoms with Crippen molar-refractivity contribution in [1.82, 2.24) is 3.98 Å². The molecular formula is C7H4N2O2Se. The molecule has 0 unspecified atom stereocenters. The Kier molecular flexibility index (Phi) is 1.67. The predicted octanol–water partition coefficient (Wildman–Crippen LogP) is 1.20. The molecule has 1 aromatic carbocycles. The normalized spacial score (nSPS) is 10.3. The first-order valence-corrected chi connectivity index (χ1v) is 4.88.